The summed E-state index contributed by atoms with van der Waals surface area (Å²) in [6.07, 6.45) is 1.01. The van der Waals surface area contributed by atoms with Crippen LogP contribution in [0, 0.1) is 11.8 Å². The van der Waals surface area contributed by atoms with E-state index in [4.69, 9.17) is 13.9 Å². The zero-order valence-corrected chi connectivity index (χ0v) is 20.2. The van der Waals surface area contributed by atoms with E-state index in [1.165, 1.54) is 28.6 Å². The highest BCUT2D eigenvalue weighted by atomic mass is 32.2. The number of carbonyl (C=O) groups excluding carboxylic acids is 1. The number of hydrogen-bond acceptors (Lipinski definition) is 8. The van der Waals surface area contributed by atoms with Gasteiger partial charge in [-0.05, 0) is 60.7 Å². The Labute approximate surface area is 203 Å². The molecule has 3 aromatic rings. The Balaban J connectivity index is 1.27. The van der Waals surface area contributed by atoms with Crippen molar-refractivity contribution in [2.75, 3.05) is 31.6 Å². The highest BCUT2D eigenvalue weighted by molar-refractivity contribution is 7.89. The van der Waals surface area contributed by atoms with Crippen molar-refractivity contribution in [3.8, 4) is 23.0 Å². The van der Waals surface area contributed by atoms with Gasteiger partial charge in [-0.25, -0.2) is 8.42 Å². The highest BCUT2D eigenvalue weighted by Crippen LogP contribution is 2.34. The van der Waals surface area contributed by atoms with Crippen LogP contribution in [-0.2, 0) is 10.0 Å². The van der Waals surface area contributed by atoms with Crippen molar-refractivity contribution < 1.29 is 27.1 Å². The van der Waals surface area contributed by atoms with Crippen LogP contribution in [0.1, 0.15) is 30.6 Å². The predicted molar refractivity (Wildman–Crippen MR) is 127 cm³/mol. The molecule has 1 fully saturated rings. The van der Waals surface area contributed by atoms with E-state index in [0.717, 1.165) is 6.42 Å². The number of rotatable bonds is 5. The summed E-state index contributed by atoms with van der Waals surface area (Å²) in [5.41, 5.74) is 0.890. The Hall–Kier alpha value is -3.44. The first kappa shape index (κ1) is 23.3. The molecule has 3 heterocycles. The van der Waals surface area contributed by atoms with Crippen LogP contribution in [0.25, 0.3) is 11.5 Å². The van der Waals surface area contributed by atoms with Gasteiger partial charge in [-0.1, -0.05) is 18.9 Å². The van der Waals surface area contributed by atoms with E-state index in [9.17, 15) is 13.2 Å². The second kappa shape index (κ2) is 9.31. The van der Waals surface area contributed by atoms with Crippen molar-refractivity contribution in [2.24, 2.45) is 11.8 Å². The molecular formula is C24H26N4O6S. The number of nitrogens with zero attached hydrogens (tertiary/aromatic N) is 3. The zero-order chi connectivity index (χ0) is 24.6. The summed E-state index contributed by atoms with van der Waals surface area (Å²) in [5.74, 6) is 1.55. The fourth-order valence-electron chi connectivity index (χ4n) is 4.47. The number of amides is 1. The summed E-state index contributed by atoms with van der Waals surface area (Å²) in [6.45, 7) is 6.06. The number of anilines is 1. The molecule has 11 heteroatoms. The summed E-state index contributed by atoms with van der Waals surface area (Å²) in [7, 11) is -3.62. The second-order valence-electron chi connectivity index (χ2n) is 9.02. The third-order valence-corrected chi connectivity index (χ3v) is 7.87. The average Bonchev–Trinajstić information content (AvgIpc) is 3.31. The van der Waals surface area contributed by atoms with E-state index in [0.29, 0.717) is 55.2 Å². The van der Waals surface area contributed by atoms with Gasteiger partial charge >= 0.3 is 6.01 Å². The topological polar surface area (TPSA) is 124 Å². The standard InChI is InChI=1S/C24H26N4O6S/c1-15-11-16(2)14-28(13-15)35(30,31)19-6-3-17(4-7-19)22(29)25-24-27-26-23(34-24)18-5-8-20-21(12-18)33-10-9-32-20/h3-8,12,15-16H,9-11,13-14H2,1-2H3,(H,25,27,29)/t15-,16-/m0/s1. The first-order chi connectivity index (χ1) is 16.8. The molecule has 0 spiro atoms. The van der Waals surface area contributed by atoms with Crippen molar-refractivity contribution in [3.05, 3.63) is 48.0 Å². The van der Waals surface area contributed by atoms with Crippen molar-refractivity contribution >= 4 is 21.9 Å². The molecule has 0 bridgehead atoms. The van der Waals surface area contributed by atoms with Gasteiger partial charge in [-0.15, -0.1) is 5.10 Å². The monoisotopic (exact) mass is 498 g/mol. The Kier molecular flexibility index (Phi) is 6.20. The number of piperidine rings is 1. The van der Waals surface area contributed by atoms with Crippen LogP contribution in [0.2, 0.25) is 0 Å². The SMILES string of the molecule is C[C@H]1C[C@H](C)CN(S(=O)(=O)c2ccc(C(=O)Nc3nnc(-c4ccc5c(c4)OCCO5)o3)cc2)C1. The lowest BCUT2D eigenvalue weighted by atomic mass is 9.94. The molecule has 1 saturated heterocycles. The van der Waals surface area contributed by atoms with Crippen LogP contribution in [0.3, 0.4) is 0 Å². The van der Waals surface area contributed by atoms with Gasteiger partial charge in [0.05, 0.1) is 4.90 Å². The molecule has 2 aromatic carbocycles. The molecule has 35 heavy (non-hydrogen) atoms. The lowest BCUT2D eigenvalue weighted by molar-refractivity contribution is 0.102. The maximum Gasteiger partial charge on any atom is 0.322 e. The molecular weight excluding hydrogens is 472 g/mol. The number of fused-ring (bicyclic) bond motifs is 1. The van der Waals surface area contributed by atoms with Crippen LogP contribution >= 0.6 is 0 Å². The summed E-state index contributed by atoms with van der Waals surface area (Å²) < 4.78 is 44.3. The van der Waals surface area contributed by atoms with E-state index < -0.39 is 15.9 Å². The second-order valence-corrected chi connectivity index (χ2v) is 11.0. The zero-order valence-electron chi connectivity index (χ0n) is 19.4. The number of ether oxygens (including phenoxy) is 2. The first-order valence-corrected chi connectivity index (χ1v) is 12.9. The first-order valence-electron chi connectivity index (χ1n) is 11.4. The highest BCUT2D eigenvalue weighted by Gasteiger charge is 2.31. The molecule has 184 valence electrons. The minimum absolute atomic E-state index is 0.0760. The van der Waals surface area contributed by atoms with E-state index in [1.54, 1.807) is 18.2 Å². The van der Waals surface area contributed by atoms with E-state index in [-0.39, 0.29) is 22.4 Å². The molecule has 0 unspecified atom stereocenters. The molecule has 2 aliphatic rings. The minimum atomic E-state index is -3.62. The maximum atomic E-state index is 13.1. The molecule has 5 rings (SSSR count). The molecule has 10 nitrogen and oxygen atoms in total. The van der Waals surface area contributed by atoms with Gasteiger partial charge in [-0.3, -0.25) is 10.1 Å². The summed E-state index contributed by atoms with van der Waals surface area (Å²) in [4.78, 5) is 12.8. The van der Waals surface area contributed by atoms with E-state index in [1.807, 2.05) is 0 Å². The minimum Gasteiger partial charge on any atom is -0.486 e. The number of aromatic nitrogens is 2. The van der Waals surface area contributed by atoms with Crippen LogP contribution < -0.4 is 14.8 Å². The van der Waals surface area contributed by atoms with Crippen LogP contribution in [0.4, 0.5) is 6.01 Å². The quantitative estimate of drug-likeness (QED) is 0.567. The van der Waals surface area contributed by atoms with Crippen molar-refractivity contribution in [2.45, 2.75) is 25.2 Å². The molecule has 2 atom stereocenters. The normalized spacial score (nSPS) is 20.4. The van der Waals surface area contributed by atoms with Crippen LogP contribution in [0.5, 0.6) is 11.5 Å². The number of sulfonamides is 1. The Bertz CT molecular complexity index is 1330. The van der Waals surface area contributed by atoms with Gasteiger partial charge in [-0.2, -0.15) is 4.31 Å². The van der Waals surface area contributed by atoms with E-state index in [2.05, 4.69) is 29.4 Å². The Morgan fingerprint density at radius 2 is 1.66 bits per heavy atom. The molecule has 1 N–H and O–H groups in total. The molecule has 1 aromatic heterocycles. The predicted octanol–water partition coefficient (Wildman–Crippen LogP) is 3.43. The van der Waals surface area contributed by atoms with Gasteiger partial charge in [0.1, 0.15) is 13.2 Å². The fourth-order valence-corrected chi connectivity index (χ4v) is 6.15. The molecule has 2 aliphatic heterocycles. The number of carbonyl (C=O) groups is 1. The van der Waals surface area contributed by atoms with Gasteiger partial charge in [0.15, 0.2) is 11.5 Å². The fraction of sp³-hybridized carbons (Fsp3) is 0.375. The van der Waals surface area contributed by atoms with Crippen LogP contribution in [-0.4, -0.2) is 55.1 Å². The molecule has 0 aliphatic carbocycles. The van der Waals surface area contributed by atoms with Gasteiger partial charge in [0.2, 0.25) is 15.9 Å². The van der Waals surface area contributed by atoms with Gasteiger partial charge < -0.3 is 13.9 Å². The van der Waals surface area contributed by atoms with Gasteiger partial charge in [0.25, 0.3) is 5.91 Å². The summed E-state index contributed by atoms with van der Waals surface area (Å²) >= 11 is 0. The molecule has 1 amide bonds. The van der Waals surface area contributed by atoms with Crippen molar-refractivity contribution in [1.82, 2.24) is 14.5 Å². The molecule has 0 radical (unpaired) electrons. The molecule has 0 saturated carbocycles. The van der Waals surface area contributed by atoms with E-state index >= 15 is 0 Å². The average molecular weight is 499 g/mol. The number of nitrogens with one attached hydrogen (secondary N) is 1. The van der Waals surface area contributed by atoms with Crippen molar-refractivity contribution in [3.63, 3.8) is 0 Å². The lowest BCUT2D eigenvalue weighted by Crippen LogP contribution is -2.42. The Morgan fingerprint density at radius 3 is 2.37 bits per heavy atom. The third-order valence-electron chi connectivity index (χ3n) is 6.02. The van der Waals surface area contributed by atoms with Crippen molar-refractivity contribution in [1.29, 1.82) is 0 Å². The third kappa shape index (κ3) is 4.87. The number of benzene rings is 2. The number of hydrogen-bond donors (Lipinski definition) is 1. The maximum absolute atomic E-state index is 13.1. The Morgan fingerprint density at radius 1 is 0.971 bits per heavy atom. The lowest BCUT2D eigenvalue weighted by Gasteiger charge is -2.34. The summed E-state index contributed by atoms with van der Waals surface area (Å²) in [5, 5.41) is 10.4. The van der Waals surface area contributed by atoms with Crippen LogP contribution in [0.15, 0.2) is 51.8 Å². The smallest absolute Gasteiger partial charge is 0.322 e. The van der Waals surface area contributed by atoms with Gasteiger partial charge in [0, 0.05) is 24.2 Å². The largest absolute Gasteiger partial charge is 0.486 e. The summed E-state index contributed by atoms with van der Waals surface area (Å²) in [6, 6.07) is 11.0.